The fourth-order valence-corrected chi connectivity index (χ4v) is 3.32. The molecule has 0 radical (unpaired) electrons. The average molecular weight is 391 g/mol. The molecule has 1 aromatic rings. The molecular formula is C22H34N2O4. The predicted octanol–water partition coefficient (Wildman–Crippen LogP) is 3.25. The second-order valence-corrected chi connectivity index (χ2v) is 6.96. The molecular weight excluding hydrogens is 356 g/mol. The molecule has 1 aliphatic heterocycles. The third-order valence-electron chi connectivity index (χ3n) is 4.80. The van der Waals surface area contributed by atoms with E-state index in [2.05, 4.69) is 28.6 Å². The van der Waals surface area contributed by atoms with Gasteiger partial charge >= 0.3 is 5.97 Å². The van der Waals surface area contributed by atoms with Crippen LogP contribution in [0.25, 0.3) is 5.70 Å². The zero-order valence-corrected chi connectivity index (χ0v) is 17.2. The lowest BCUT2D eigenvalue weighted by Crippen LogP contribution is -2.41. The highest BCUT2D eigenvalue weighted by molar-refractivity contribution is 5.72. The molecule has 6 heteroatoms. The van der Waals surface area contributed by atoms with Gasteiger partial charge in [-0.2, -0.15) is 0 Å². The smallest absolute Gasteiger partial charge is 0.310 e. The number of likely N-dealkylation sites (tertiary alicyclic amines) is 1. The molecule has 0 aliphatic carbocycles. The van der Waals surface area contributed by atoms with Crippen molar-refractivity contribution in [1.29, 1.82) is 0 Å². The number of methoxy groups -OCH3 is 1. The molecule has 0 bridgehead atoms. The summed E-state index contributed by atoms with van der Waals surface area (Å²) >= 11 is 0. The Balaban J connectivity index is 1.77. The van der Waals surface area contributed by atoms with E-state index in [9.17, 15) is 4.79 Å². The van der Waals surface area contributed by atoms with E-state index in [1.54, 1.807) is 7.11 Å². The van der Waals surface area contributed by atoms with Crippen LogP contribution in [0.4, 0.5) is 0 Å². The summed E-state index contributed by atoms with van der Waals surface area (Å²) in [6.45, 7) is 6.13. The monoisotopic (exact) mass is 390 g/mol. The Bertz CT molecular complexity index is 591. The van der Waals surface area contributed by atoms with E-state index in [4.69, 9.17) is 14.3 Å². The number of nitrogens with zero attached hydrogens (tertiary/aromatic N) is 1. The van der Waals surface area contributed by atoms with Crippen LogP contribution in [0.3, 0.4) is 0 Å². The van der Waals surface area contributed by atoms with Crippen molar-refractivity contribution in [2.24, 2.45) is 5.92 Å². The molecule has 0 amide bonds. The van der Waals surface area contributed by atoms with E-state index in [0.29, 0.717) is 13.2 Å². The molecule has 156 valence electrons. The number of allylic oxidation sites excluding steroid dienone is 1. The van der Waals surface area contributed by atoms with Crippen molar-refractivity contribution in [3.8, 4) is 0 Å². The van der Waals surface area contributed by atoms with Crippen LogP contribution in [-0.4, -0.2) is 57.4 Å². The molecule has 2 rings (SSSR count). The van der Waals surface area contributed by atoms with E-state index in [0.717, 1.165) is 63.2 Å². The van der Waals surface area contributed by atoms with Crippen molar-refractivity contribution in [2.45, 2.75) is 32.6 Å². The Kier molecular flexibility index (Phi) is 10.7. The summed E-state index contributed by atoms with van der Waals surface area (Å²) in [7, 11) is 1.72. The third kappa shape index (κ3) is 8.00. The lowest BCUT2D eigenvalue weighted by atomic mass is 9.98. The summed E-state index contributed by atoms with van der Waals surface area (Å²) in [5.74, 6) is -0.0844. The number of ether oxygens (including phenoxy) is 2. The lowest BCUT2D eigenvalue weighted by Gasteiger charge is -2.31. The van der Waals surface area contributed by atoms with Gasteiger partial charge in [-0.15, -0.1) is 0 Å². The Morgan fingerprint density at radius 2 is 2.11 bits per heavy atom. The topological polar surface area (TPSA) is 60.0 Å². The van der Waals surface area contributed by atoms with E-state index >= 15 is 0 Å². The maximum Gasteiger partial charge on any atom is 0.310 e. The van der Waals surface area contributed by atoms with Gasteiger partial charge in [-0.25, -0.2) is 0 Å². The highest BCUT2D eigenvalue weighted by Gasteiger charge is 2.26. The number of rotatable bonds is 12. The maximum atomic E-state index is 12.0. The van der Waals surface area contributed by atoms with Gasteiger partial charge in [0.25, 0.3) is 0 Å². The van der Waals surface area contributed by atoms with Crippen LogP contribution in [0, 0.1) is 5.92 Å². The van der Waals surface area contributed by atoms with Crippen LogP contribution >= 0.6 is 0 Å². The number of piperidine rings is 1. The Morgan fingerprint density at radius 3 is 2.86 bits per heavy atom. The first kappa shape index (κ1) is 22.4. The van der Waals surface area contributed by atoms with Gasteiger partial charge in [-0.05, 0) is 44.7 Å². The van der Waals surface area contributed by atoms with E-state index in [-0.39, 0.29) is 11.9 Å². The molecule has 1 aliphatic rings. The second kappa shape index (κ2) is 13.3. The van der Waals surface area contributed by atoms with Crippen molar-refractivity contribution < 1.29 is 19.1 Å². The first-order valence-corrected chi connectivity index (χ1v) is 10.3. The van der Waals surface area contributed by atoms with Gasteiger partial charge in [0.05, 0.1) is 24.8 Å². The van der Waals surface area contributed by atoms with Crippen molar-refractivity contribution >= 4 is 11.7 Å². The van der Waals surface area contributed by atoms with Gasteiger partial charge < -0.3 is 14.4 Å². The average Bonchev–Trinajstić information content (AvgIpc) is 2.73. The lowest BCUT2D eigenvalue weighted by molar-refractivity contribution is -0.150. The zero-order valence-electron chi connectivity index (χ0n) is 17.2. The van der Waals surface area contributed by atoms with Crippen LogP contribution < -0.4 is 5.48 Å². The number of carbonyl (C=O) groups excluding carboxylic acids is 1. The van der Waals surface area contributed by atoms with Crippen molar-refractivity contribution in [3.05, 3.63) is 42.0 Å². The molecule has 1 aromatic carbocycles. The van der Waals surface area contributed by atoms with E-state index in [1.807, 2.05) is 25.1 Å². The highest BCUT2D eigenvalue weighted by Crippen LogP contribution is 2.18. The first-order valence-electron chi connectivity index (χ1n) is 10.3. The number of hydroxylamine groups is 1. The quantitative estimate of drug-likeness (QED) is 0.336. The molecule has 0 spiro atoms. The largest absolute Gasteiger partial charge is 0.466 e. The molecule has 1 heterocycles. The summed E-state index contributed by atoms with van der Waals surface area (Å²) in [4.78, 5) is 20.0. The zero-order chi connectivity index (χ0) is 20.0. The van der Waals surface area contributed by atoms with Crippen LogP contribution in [0.1, 0.15) is 38.2 Å². The number of carbonyl (C=O) groups is 1. The van der Waals surface area contributed by atoms with Crippen LogP contribution in [0.5, 0.6) is 0 Å². The number of benzene rings is 1. The molecule has 6 nitrogen and oxygen atoms in total. The SMILES string of the molecule is CCOC(=O)[C@@H]1CCCN(CCONC(=CCCCOC)c2ccccc2)C1. The molecule has 1 fully saturated rings. The normalized spacial score (nSPS) is 18.1. The van der Waals surface area contributed by atoms with Gasteiger partial charge in [0.15, 0.2) is 0 Å². The van der Waals surface area contributed by atoms with Gasteiger partial charge in [0, 0.05) is 26.8 Å². The molecule has 1 saturated heterocycles. The third-order valence-corrected chi connectivity index (χ3v) is 4.80. The van der Waals surface area contributed by atoms with Crippen molar-refractivity contribution in [2.75, 3.05) is 46.6 Å². The van der Waals surface area contributed by atoms with Gasteiger partial charge in [-0.3, -0.25) is 15.1 Å². The van der Waals surface area contributed by atoms with Gasteiger partial charge in [0.1, 0.15) is 0 Å². The Morgan fingerprint density at radius 1 is 1.29 bits per heavy atom. The minimum atomic E-state index is -0.0726. The second-order valence-electron chi connectivity index (χ2n) is 6.96. The number of hydrogen-bond donors (Lipinski definition) is 1. The van der Waals surface area contributed by atoms with E-state index < -0.39 is 0 Å². The molecule has 0 aromatic heterocycles. The fourth-order valence-electron chi connectivity index (χ4n) is 3.32. The fraction of sp³-hybridized carbons (Fsp3) is 0.591. The number of hydrogen-bond acceptors (Lipinski definition) is 6. The summed E-state index contributed by atoms with van der Waals surface area (Å²) in [5.41, 5.74) is 5.18. The maximum absolute atomic E-state index is 12.0. The minimum Gasteiger partial charge on any atom is -0.466 e. The van der Waals surface area contributed by atoms with E-state index in [1.165, 1.54) is 0 Å². The van der Waals surface area contributed by atoms with Crippen LogP contribution in [0.2, 0.25) is 0 Å². The van der Waals surface area contributed by atoms with Crippen molar-refractivity contribution in [3.63, 3.8) is 0 Å². The predicted molar refractivity (Wildman–Crippen MR) is 110 cm³/mol. The van der Waals surface area contributed by atoms with Gasteiger partial charge in [0.2, 0.25) is 0 Å². The molecule has 0 unspecified atom stereocenters. The molecule has 0 saturated carbocycles. The molecule has 1 atom stereocenters. The Hall–Kier alpha value is -1.89. The Labute approximate surface area is 168 Å². The minimum absolute atomic E-state index is 0.0118. The number of esters is 1. The summed E-state index contributed by atoms with van der Waals surface area (Å²) < 4.78 is 10.3. The summed E-state index contributed by atoms with van der Waals surface area (Å²) in [6.07, 6.45) is 5.97. The van der Waals surface area contributed by atoms with Crippen molar-refractivity contribution in [1.82, 2.24) is 10.4 Å². The molecule has 28 heavy (non-hydrogen) atoms. The molecule has 1 N–H and O–H groups in total. The summed E-state index contributed by atoms with van der Waals surface area (Å²) in [5, 5.41) is 0. The van der Waals surface area contributed by atoms with Gasteiger partial charge in [-0.1, -0.05) is 36.4 Å². The number of nitrogens with one attached hydrogen (secondary N) is 1. The number of unbranched alkanes of at least 4 members (excludes halogenated alkanes) is 1. The van der Waals surface area contributed by atoms with Crippen LogP contribution in [0.15, 0.2) is 36.4 Å². The van der Waals surface area contributed by atoms with Crippen LogP contribution in [-0.2, 0) is 19.1 Å². The summed E-state index contributed by atoms with van der Waals surface area (Å²) in [6, 6.07) is 10.2. The highest BCUT2D eigenvalue weighted by atomic mass is 16.6. The standard InChI is InChI=1S/C22H34N2O4/c1-3-27-22(25)20-12-9-14-24(18-20)15-17-28-23-21(13-7-8-16-26-2)19-10-5-4-6-11-19/h4-6,10-11,13,20,23H,3,7-9,12,14-18H2,1-2H3/t20-/m1/s1. The first-order chi connectivity index (χ1) is 13.7.